The van der Waals surface area contributed by atoms with Gasteiger partial charge in [-0.3, -0.25) is 4.79 Å². The van der Waals surface area contributed by atoms with Crippen LogP contribution in [-0.2, 0) is 12.3 Å². The van der Waals surface area contributed by atoms with Gasteiger partial charge < -0.3 is 9.88 Å². The number of rotatable bonds is 7. The molecule has 0 fully saturated rings. The van der Waals surface area contributed by atoms with Crippen molar-refractivity contribution in [1.29, 1.82) is 0 Å². The summed E-state index contributed by atoms with van der Waals surface area (Å²) in [6.07, 6.45) is 2.11. The third-order valence-electron chi connectivity index (χ3n) is 4.82. The molecule has 0 aliphatic heterocycles. The van der Waals surface area contributed by atoms with Crippen LogP contribution in [0.3, 0.4) is 0 Å². The second-order valence-electron chi connectivity index (χ2n) is 6.85. The van der Waals surface area contributed by atoms with Crippen molar-refractivity contribution in [2.45, 2.75) is 17.2 Å². The van der Waals surface area contributed by atoms with E-state index in [0.717, 1.165) is 16.3 Å². The Kier molecular flexibility index (Phi) is 6.41. The third-order valence-corrected chi connectivity index (χ3v) is 6.18. The van der Waals surface area contributed by atoms with Crippen molar-refractivity contribution in [3.63, 3.8) is 0 Å². The molecule has 3 aromatic carbocycles. The average molecular weight is 439 g/mol. The summed E-state index contributed by atoms with van der Waals surface area (Å²) in [5.41, 5.74) is 2.38. The number of benzene rings is 3. The smallest absolute Gasteiger partial charge is 0.254 e. The van der Waals surface area contributed by atoms with Crippen molar-refractivity contribution in [1.82, 2.24) is 9.88 Å². The maximum Gasteiger partial charge on any atom is 0.254 e. The van der Waals surface area contributed by atoms with Gasteiger partial charge in [0.1, 0.15) is 5.82 Å². The molecule has 0 aliphatic carbocycles. The minimum Gasteiger partial charge on any atom is -0.350 e. The van der Waals surface area contributed by atoms with Crippen LogP contribution in [0, 0.1) is 5.82 Å². The largest absolute Gasteiger partial charge is 0.350 e. The van der Waals surface area contributed by atoms with Gasteiger partial charge in [-0.15, -0.1) is 11.8 Å². The van der Waals surface area contributed by atoms with Gasteiger partial charge >= 0.3 is 0 Å². The summed E-state index contributed by atoms with van der Waals surface area (Å²) in [6, 6.07) is 22.1. The Balaban J connectivity index is 1.44. The number of nitrogens with one attached hydrogen (secondary N) is 1. The molecule has 4 aromatic rings. The van der Waals surface area contributed by atoms with Crippen molar-refractivity contribution in [3.05, 3.63) is 101 Å². The number of hydrogen-bond donors (Lipinski definition) is 1. The number of carbonyl (C=O) groups excluding carboxylic acids is 1. The van der Waals surface area contributed by atoms with Gasteiger partial charge in [0.2, 0.25) is 0 Å². The fraction of sp³-hybridized carbons (Fsp3) is 0.125. The first-order valence-electron chi connectivity index (χ1n) is 9.59. The van der Waals surface area contributed by atoms with Gasteiger partial charge in [-0.05, 0) is 35.9 Å². The lowest BCUT2D eigenvalue weighted by atomic mass is 10.2. The van der Waals surface area contributed by atoms with E-state index in [-0.39, 0.29) is 5.56 Å². The fourth-order valence-corrected chi connectivity index (χ4v) is 4.46. The van der Waals surface area contributed by atoms with Crippen LogP contribution in [0.2, 0.25) is 5.02 Å². The molecule has 3 nitrogen and oxygen atoms in total. The van der Waals surface area contributed by atoms with Gasteiger partial charge in [-0.2, -0.15) is 0 Å². The molecule has 0 atom stereocenters. The van der Waals surface area contributed by atoms with Crippen molar-refractivity contribution in [2.75, 3.05) is 6.54 Å². The summed E-state index contributed by atoms with van der Waals surface area (Å²) in [5, 5.41) is 4.72. The summed E-state index contributed by atoms with van der Waals surface area (Å²) in [4.78, 5) is 13.4. The maximum atomic E-state index is 13.8. The lowest BCUT2D eigenvalue weighted by Gasteiger charge is -2.08. The minimum atomic E-state index is -0.512. The molecule has 1 N–H and O–H groups in total. The van der Waals surface area contributed by atoms with E-state index in [1.807, 2.05) is 36.4 Å². The van der Waals surface area contributed by atoms with E-state index >= 15 is 0 Å². The minimum absolute atomic E-state index is 0.0640. The Hall–Kier alpha value is -2.76. The van der Waals surface area contributed by atoms with E-state index in [4.69, 9.17) is 11.6 Å². The Morgan fingerprint density at radius 1 is 1.00 bits per heavy atom. The standard InChI is InChI=1S/C24H20ClFN2OS/c25-18-11-9-17(10-12-18)16-30-23-15-28(22-8-4-2-6-20(22)23)14-13-27-24(29)19-5-1-3-7-21(19)26/h1-12,15H,13-14,16H2,(H,27,29). The van der Waals surface area contributed by atoms with Gasteiger partial charge in [0, 0.05) is 45.9 Å². The number of amides is 1. The van der Waals surface area contributed by atoms with E-state index in [2.05, 4.69) is 28.2 Å². The second kappa shape index (κ2) is 9.37. The number of para-hydroxylation sites is 1. The van der Waals surface area contributed by atoms with Gasteiger partial charge in [0.05, 0.1) is 5.56 Å². The third kappa shape index (κ3) is 4.69. The monoisotopic (exact) mass is 438 g/mol. The Bertz CT molecular complexity index is 1170. The van der Waals surface area contributed by atoms with Gasteiger partial charge in [-0.25, -0.2) is 4.39 Å². The predicted octanol–water partition coefficient (Wildman–Crippen LogP) is 6.16. The molecule has 1 aromatic heterocycles. The molecule has 0 bridgehead atoms. The van der Waals surface area contributed by atoms with Gasteiger partial charge in [-0.1, -0.05) is 54.1 Å². The average Bonchev–Trinajstić information content (AvgIpc) is 3.11. The molecular formula is C24H20ClFN2OS. The van der Waals surface area contributed by atoms with Crippen LogP contribution in [0.25, 0.3) is 10.9 Å². The van der Waals surface area contributed by atoms with Crippen molar-refractivity contribution in [3.8, 4) is 0 Å². The van der Waals surface area contributed by atoms with Crippen molar-refractivity contribution in [2.24, 2.45) is 0 Å². The highest BCUT2D eigenvalue weighted by Crippen LogP contribution is 2.32. The molecular weight excluding hydrogens is 419 g/mol. The number of carbonyl (C=O) groups is 1. The first-order valence-corrected chi connectivity index (χ1v) is 11.0. The number of hydrogen-bond acceptors (Lipinski definition) is 2. The molecule has 6 heteroatoms. The van der Waals surface area contributed by atoms with E-state index in [1.54, 1.807) is 23.9 Å². The maximum absolute atomic E-state index is 13.8. The van der Waals surface area contributed by atoms with E-state index in [1.165, 1.54) is 28.0 Å². The molecule has 1 heterocycles. The number of fused-ring (bicyclic) bond motifs is 1. The van der Waals surface area contributed by atoms with E-state index < -0.39 is 11.7 Å². The number of nitrogens with zero attached hydrogens (tertiary/aromatic N) is 1. The molecule has 1 amide bonds. The quantitative estimate of drug-likeness (QED) is 0.351. The number of halogens is 2. The summed E-state index contributed by atoms with van der Waals surface area (Å²) in [5.74, 6) is -0.0703. The molecule has 152 valence electrons. The molecule has 0 saturated heterocycles. The predicted molar refractivity (Wildman–Crippen MR) is 122 cm³/mol. The number of thioether (sulfide) groups is 1. The summed E-state index contributed by atoms with van der Waals surface area (Å²) < 4.78 is 15.9. The Morgan fingerprint density at radius 3 is 2.53 bits per heavy atom. The van der Waals surface area contributed by atoms with Crippen molar-refractivity contribution >= 4 is 40.2 Å². The van der Waals surface area contributed by atoms with Crippen LogP contribution in [0.1, 0.15) is 15.9 Å². The van der Waals surface area contributed by atoms with E-state index in [9.17, 15) is 9.18 Å². The molecule has 4 rings (SSSR count). The molecule has 0 spiro atoms. The zero-order valence-electron chi connectivity index (χ0n) is 16.1. The summed E-state index contributed by atoms with van der Waals surface area (Å²) >= 11 is 7.74. The topological polar surface area (TPSA) is 34.0 Å². The first-order chi connectivity index (χ1) is 14.6. The molecule has 30 heavy (non-hydrogen) atoms. The molecule has 0 aliphatic rings. The van der Waals surface area contributed by atoms with Gasteiger partial charge in [0.25, 0.3) is 5.91 Å². The second-order valence-corrected chi connectivity index (χ2v) is 8.31. The molecule has 0 unspecified atom stereocenters. The van der Waals surface area contributed by atoms with E-state index in [0.29, 0.717) is 13.1 Å². The fourth-order valence-electron chi connectivity index (χ4n) is 3.29. The summed E-state index contributed by atoms with van der Waals surface area (Å²) in [6.45, 7) is 1.01. The SMILES string of the molecule is O=C(NCCn1cc(SCc2ccc(Cl)cc2)c2ccccc21)c1ccccc1F. The highest BCUT2D eigenvalue weighted by atomic mass is 35.5. The van der Waals surface area contributed by atoms with Crippen LogP contribution in [0.15, 0.2) is 83.9 Å². The van der Waals surface area contributed by atoms with Crippen LogP contribution in [0.4, 0.5) is 4.39 Å². The first kappa shape index (κ1) is 20.5. The molecule has 0 saturated carbocycles. The lowest BCUT2D eigenvalue weighted by Crippen LogP contribution is -2.27. The van der Waals surface area contributed by atoms with Crippen LogP contribution < -0.4 is 5.32 Å². The van der Waals surface area contributed by atoms with Crippen LogP contribution in [-0.4, -0.2) is 17.0 Å². The highest BCUT2D eigenvalue weighted by molar-refractivity contribution is 7.98. The normalized spacial score (nSPS) is 11.0. The Labute approximate surface area is 183 Å². The van der Waals surface area contributed by atoms with Crippen LogP contribution in [0.5, 0.6) is 0 Å². The number of aromatic nitrogens is 1. The Morgan fingerprint density at radius 2 is 1.73 bits per heavy atom. The van der Waals surface area contributed by atoms with Crippen LogP contribution >= 0.6 is 23.4 Å². The molecule has 0 radical (unpaired) electrons. The van der Waals surface area contributed by atoms with Crippen molar-refractivity contribution < 1.29 is 9.18 Å². The zero-order chi connectivity index (χ0) is 20.9. The lowest BCUT2D eigenvalue weighted by molar-refractivity contribution is 0.0948. The summed E-state index contributed by atoms with van der Waals surface area (Å²) in [7, 11) is 0. The highest BCUT2D eigenvalue weighted by Gasteiger charge is 2.12. The zero-order valence-corrected chi connectivity index (χ0v) is 17.7. The van der Waals surface area contributed by atoms with Gasteiger partial charge in [0.15, 0.2) is 0 Å².